The number of nitrogens with one attached hydrogen (secondary N) is 1. The molecule has 0 spiro atoms. The van der Waals surface area contributed by atoms with Crippen molar-refractivity contribution >= 4 is 16.9 Å². The molecule has 1 aromatic carbocycles. The van der Waals surface area contributed by atoms with Gasteiger partial charge >= 0.3 is 0 Å². The molecular weight excluding hydrogens is 376 g/mol. The van der Waals surface area contributed by atoms with E-state index in [9.17, 15) is 4.79 Å². The second kappa shape index (κ2) is 8.86. The van der Waals surface area contributed by atoms with E-state index < -0.39 is 0 Å². The molecule has 1 N–H and O–H groups in total. The molecule has 0 unspecified atom stereocenters. The fourth-order valence-electron chi connectivity index (χ4n) is 4.23. The topological polar surface area (TPSA) is 69.0 Å². The van der Waals surface area contributed by atoms with E-state index in [1.165, 1.54) is 24.8 Å². The van der Waals surface area contributed by atoms with Crippen LogP contribution in [0.15, 0.2) is 30.3 Å². The first-order chi connectivity index (χ1) is 14.5. The summed E-state index contributed by atoms with van der Waals surface area (Å²) < 4.78 is 7.67. The second-order valence-electron chi connectivity index (χ2n) is 8.20. The van der Waals surface area contributed by atoms with Crippen molar-refractivity contribution in [2.45, 2.75) is 65.3 Å². The average Bonchev–Trinajstić information content (AvgIpc) is 3.09. The lowest BCUT2D eigenvalue weighted by molar-refractivity contribution is -0.124. The average molecular weight is 407 g/mol. The number of hydrogen-bond donors (Lipinski definition) is 1. The van der Waals surface area contributed by atoms with Gasteiger partial charge in [0.05, 0.1) is 11.4 Å². The number of carbonyl (C=O) groups excluding carboxylic acids is 1. The fourth-order valence-corrected chi connectivity index (χ4v) is 4.23. The highest BCUT2D eigenvalue weighted by Gasteiger charge is 2.18. The van der Waals surface area contributed by atoms with Gasteiger partial charge in [-0.3, -0.25) is 4.79 Å². The lowest BCUT2D eigenvalue weighted by Crippen LogP contribution is -2.39. The quantitative estimate of drug-likeness (QED) is 0.658. The van der Waals surface area contributed by atoms with Crippen molar-refractivity contribution in [1.82, 2.24) is 20.1 Å². The molecule has 0 atom stereocenters. The maximum absolute atomic E-state index is 12.3. The highest BCUT2D eigenvalue weighted by atomic mass is 16.5. The zero-order valence-electron chi connectivity index (χ0n) is 18.1. The molecule has 158 valence electrons. The van der Waals surface area contributed by atoms with Crippen LogP contribution in [-0.4, -0.2) is 33.3 Å². The van der Waals surface area contributed by atoms with Crippen molar-refractivity contribution in [3.05, 3.63) is 47.2 Å². The second-order valence-corrected chi connectivity index (χ2v) is 8.20. The van der Waals surface area contributed by atoms with Crippen molar-refractivity contribution in [1.29, 1.82) is 0 Å². The summed E-state index contributed by atoms with van der Waals surface area (Å²) in [7, 11) is 0. The molecule has 4 rings (SSSR count). The van der Waals surface area contributed by atoms with Crippen LogP contribution < -0.4 is 10.1 Å². The van der Waals surface area contributed by atoms with Gasteiger partial charge in [0, 0.05) is 17.5 Å². The minimum Gasteiger partial charge on any atom is -0.468 e. The molecule has 2 heterocycles. The van der Waals surface area contributed by atoms with Crippen LogP contribution >= 0.6 is 0 Å². The fraction of sp³-hybridized carbons (Fsp3) is 0.458. The molecule has 6 heteroatoms. The minimum atomic E-state index is -0.0786. The highest BCUT2D eigenvalue weighted by Crippen LogP contribution is 2.28. The van der Waals surface area contributed by atoms with Gasteiger partial charge in [-0.1, -0.05) is 43.9 Å². The SMILES string of the molecule is CCc1cc(OCC(=O)NC2CCCCC2)nc2c1c(C)nn2-c1ccc(C)cc1. The molecule has 3 aromatic rings. The number of pyridine rings is 1. The Labute approximate surface area is 177 Å². The third-order valence-corrected chi connectivity index (χ3v) is 5.85. The Morgan fingerprint density at radius 2 is 1.90 bits per heavy atom. The largest absolute Gasteiger partial charge is 0.468 e. The van der Waals surface area contributed by atoms with E-state index in [2.05, 4.69) is 31.3 Å². The first kappa shape index (κ1) is 20.4. The van der Waals surface area contributed by atoms with Crippen LogP contribution in [0.2, 0.25) is 0 Å². The number of ether oxygens (including phenoxy) is 1. The summed E-state index contributed by atoms with van der Waals surface area (Å²) >= 11 is 0. The molecular formula is C24H30N4O2. The molecule has 1 fully saturated rings. The van der Waals surface area contributed by atoms with Gasteiger partial charge in [0.2, 0.25) is 5.88 Å². The number of rotatable bonds is 6. The molecule has 1 amide bonds. The summed E-state index contributed by atoms with van der Waals surface area (Å²) in [6, 6.07) is 10.4. The zero-order chi connectivity index (χ0) is 21.1. The van der Waals surface area contributed by atoms with Crippen LogP contribution in [0.3, 0.4) is 0 Å². The standard InChI is InChI=1S/C24H30N4O2/c1-4-18-14-22(30-15-21(29)25-19-8-6-5-7-9-19)26-24-23(18)17(3)27-28(24)20-12-10-16(2)11-13-20/h10-14,19H,4-9,15H2,1-3H3,(H,25,29). The van der Waals surface area contributed by atoms with E-state index in [1.54, 1.807) is 0 Å². The van der Waals surface area contributed by atoms with E-state index >= 15 is 0 Å². The maximum atomic E-state index is 12.3. The Morgan fingerprint density at radius 1 is 1.17 bits per heavy atom. The Kier molecular flexibility index (Phi) is 6.02. The molecule has 0 saturated heterocycles. The number of hydrogen-bond acceptors (Lipinski definition) is 4. The number of amides is 1. The molecule has 6 nitrogen and oxygen atoms in total. The summed E-state index contributed by atoms with van der Waals surface area (Å²) in [5, 5.41) is 8.88. The van der Waals surface area contributed by atoms with E-state index in [4.69, 9.17) is 14.8 Å². The first-order valence-electron chi connectivity index (χ1n) is 10.9. The summed E-state index contributed by atoms with van der Waals surface area (Å²) in [5.41, 5.74) is 4.98. The number of nitrogens with zero attached hydrogens (tertiary/aromatic N) is 3. The molecule has 1 aliphatic carbocycles. The molecule has 0 radical (unpaired) electrons. The lowest BCUT2D eigenvalue weighted by atomic mass is 9.95. The van der Waals surface area contributed by atoms with Crippen molar-refractivity contribution in [3.8, 4) is 11.6 Å². The van der Waals surface area contributed by atoms with E-state index in [0.717, 1.165) is 47.2 Å². The van der Waals surface area contributed by atoms with Crippen LogP contribution in [-0.2, 0) is 11.2 Å². The van der Waals surface area contributed by atoms with Gasteiger partial charge in [-0.2, -0.15) is 10.1 Å². The normalized spacial score (nSPS) is 14.8. The smallest absolute Gasteiger partial charge is 0.258 e. The van der Waals surface area contributed by atoms with Crippen LogP contribution in [0.1, 0.15) is 55.8 Å². The Hall–Kier alpha value is -2.89. The van der Waals surface area contributed by atoms with Gasteiger partial charge in [0.1, 0.15) is 0 Å². The molecule has 0 aliphatic heterocycles. The lowest BCUT2D eigenvalue weighted by Gasteiger charge is -2.22. The van der Waals surface area contributed by atoms with E-state index in [-0.39, 0.29) is 18.6 Å². The van der Waals surface area contributed by atoms with Gasteiger partial charge in [-0.25, -0.2) is 4.68 Å². The predicted molar refractivity (Wildman–Crippen MR) is 118 cm³/mol. The van der Waals surface area contributed by atoms with Crippen LogP contribution in [0.5, 0.6) is 5.88 Å². The maximum Gasteiger partial charge on any atom is 0.258 e. The van der Waals surface area contributed by atoms with Gasteiger partial charge in [0.25, 0.3) is 5.91 Å². The minimum absolute atomic E-state index is 0.0180. The van der Waals surface area contributed by atoms with Crippen molar-refractivity contribution < 1.29 is 9.53 Å². The van der Waals surface area contributed by atoms with Crippen LogP contribution in [0, 0.1) is 13.8 Å². The van der Waals surface area contributed by atoms with Crippen molar-refractivity contribution in [3.63, 3.8) is 0 Å². The highest BCUT2D eigenvalue weighted by molar-refractivity contribution is 5.84. The molecule has 30 heavy (non-hydrogen) atoms. The van der Waals surface area contributed by atoms with Crippen LogP contribution in [0.25, 0.3) is 16.7 Å². The molecule has 1 saturated carbocycles. The number of carbonyl (C=O) groups is 1. The van der Waals surface area contributed by atoms with Crippen molar-refractivity contribution in [2.24, 2.45) is 0 Å². The zero-order valence-corrected chi connectivity index (χ0v) is 18.1. The monoisotopic (exact) mass is 406 g/mol. The van der Waals surface area contributed by atoms with Crippen molar-refractivity contribution in [2.75, 3.05) is 6.61 Å². The number of fused-ring (bicyclic) bond motifs is 1. The Morgan fingerprint density at radius 3 is 2.60 bits per heavy atom. The first-order valence-corrected chi connectivity index (χ1v) is 10.9. The Bertz CT molecular complexity index is 1030. The molecule has 1 aliphatic rings. The Balaban J connectivity index is 1.58. The van der Waals surface area contributed by atoms with Gasteiger partial charge < -0.3 is 10.1 Å². The molecule has 0 bridgehead atoms. The summed E-state index contributed by atoms with van der Waals surface area (Å²) in [6.07, 6.45) is 6.60. The van der Waals surface area contributed by atoms with Crippen LogP contribution in [0.4, 0.5) is 0 Å². The number of benzene rings is 1. The third-order valence-electron chi connectivity index (χ3n) is 5.85. The van der Waals surface area contributed by atoms with E-state index in [1.807, 2.05) is 29.8 Å². The third kappa shape index (κ3) is 4.32. The molecule has 2 aromatic heterocycles. The van der Waals surface area contributed by atoms with E-state index in [0.29, 0.717) is 5.88 Å². The summed E-state index contributed by atoms with van der Waals surface area (Å²) in [4.78, 5) is 17.1. The number of aromatic nitrogens is 3. The number of aryl methyl sites for hydroxylation is 3. The van der Waals surface area contributed by atoms with Gasteiger partial charge in [-0.15, -0.1) is 0 Å². The summed E-state index contributed by atoms with van der Waals surface area (Å²) in [5.74, 6) is 0.386. The van der Waals surface area contributed by atoms with Gasteiger partial charge in [0.15, 0.2) is 12.3 Å². The van der Waals surface area contributed by atoms with Gasteiger partial charge in [-0.05, 0) is 50.8 Å². The predicted octanol–water partition coefficient (Wildman–Crippen LogP) is 4.43. The summed E-state index contributed by atoms with van der Waals surface area (Å²) in [6.45, 7) is 6.16.